The van der Waals surface area contributed by atoms with Gasteiger partial charge in [0.05, 0.1) is 18.8 Å². The molecular weight excluding hydrogens is 349 g/mol. The second kappa shape index (κ2) is 8.53. The fourth-order valence-corrected chi connectivity index (χ4v) is 2.86. The maximum atomic E-state index is 13.0. The van der Waals surface area contributed by atoms with Crippen molar-refractivity contribution in [3.63, 3.8) is 0 Å². The predicted molar refractivity (Wildman–Crippen MR) is 101 cm³/mol. The fourth-order valence-electron chi connectivity index (χ4n) is 2.86. The highest BCUT2D eigenvalue weighted by molar-refractivity contribution is 5.94. The number of hydrogen-bond donors (Lipinski definition) is 2. The van der Waals surface area contributed by atoms with E-state index in [-0.39, 0.29) is 30.7 Å². The van der Waals surface area contributed by atoms with E-state index in [1.165, 1.54) is 24.3 Å². The van der Waals surface area contributed by atoms with E-state index in [9.17, 15) is 14.0 Å². The van der Waals surface area contributed by atoms with Gasteiger partial charge in [-0.3, -0.25) is 9.59 Å². The number of para-hydroxylation sites is 2. The Kier molecular flexibility index (Phi) is 5.90. The molecule has 0 unspecified atom stereocenters. The normalized spacial score (nSPS) is 15.5. The number of nitrogens with zero attached hydrogens (tertiary/aromatic N) is 1. The maximum absolute atomic E-state index is 13.0. The van der Waals surface area contributed by atoms with Crippen molar-refractivity contribution in [2.45, 2.75) is 19.4 Å². The highest BCUT2D eigenvalue weighted by Gasteiger charge is 2.31. The Morgan fingerprint density at radius 2 is 1.93 bits per heavy atom. The van der Waals surface area contributed by atoms with Gasteiger partial charge < -0.3 is 20.3 Å². The molecule has 0 bridgehead atoms. The SMILES string of the molecule is CCCNC(=O)[C@H]1CN(CC(=O)Nc2ccc(F)cc2)c2ccccc2O1. The number of fused-ring (bicyclic) bond motifs is 1. The Labute approximate surface area is 157 Å². The Morgan fingerprint density at radius 3 is 2.67 bits per heavy atom. The first kappa shape index (κ1) is 18.7. The molecule has 0 fully saturated rings. The van der Waals surface area contributed by atoms with E-state index in [4.69, 9.17) is 4.74 Å². The Morgan fingerprint density at radius 1 is 1.19 bits per heavy atom. The van der Waals surface area contributed by atoms with Crippen LogP contribution in [0.2, 0.25) is 0 Å². The molecule has 0 aromatic heterocycles. The lowest BCUT2D eigenvalue weighted by Crippen LogP contribution is -2.50. The summed E-state index contributed by atoms with van der Waals surface area (Å²) in [5.41, 5.74) is 1.27. The van der Waals surface area contributed by atoms with Crippen LogP contribution in [-0.4, -0.2) is 37.6 Å². The van der Waals surface area contributed by atoms with Gasteiger partial charge in [-0.25, -0.2) is 4.39 Å². The van der Waals surface area contributed by atoms with Crippen molar-refractivity contribution in [1.29, 1.82) is 0 Å². The molecule has 1 atom stereocenters. The third-order valence-corrected chi connectivity index (χ3v) is 4.17. The van der Waals surface area contributed by atoms with E-state index in [0.29, 0.717) is 18.0 Å². The van der Waals surface area contributed by atoms with E-state index < -0.39 is 6.10 Å². The van der Waals surface area contributed by atoms with Crippen LogP contribution in [0.4, 0.5) is 15.8 Å². The monoisotopic (exact) mass is 371 g/mol. The van der Waals surface area contributed by atoms with Gasteiger partial charge in [-0.15, -0.1) is 0 Å². The van der Waals surface area contributed by atoms with Crippen LogP contribution in [0.3, 0.4) is 0 Å². The van der Waals surface area contributed by atoms with Crippen molar-refractivity contribution in [2.75, 3.05) is 29.9 Å². The molecule has 2 aromatic rings. The van der Waals surface area contributed by atoms with Gasteiger partial charge in [-0.1, -0.05) is 19.1 Å². The molecule has 0 aliphatic carbocycles. The highest BCUT2D eigenvalue weighted by atomic mass is 19.1. The number of carbonyl (C=O) groups is 2. The van der Waals surface area contributed by atoms with Crippen LogP contribution in [0.15, 0.2) is 48.5 Å². The molecule has 1 heterocycles. The van der Waals surface area contributed by atoms with Gasteiger partial charge in [0, 0.05) is 12.2 Å². The predicted octanol–water partition coefficient (Wildman–Crippen LogP) is 2.56. The smallest absolute Gasteiger partial charge is 0.262 e. The third-order valence-electron chi connectivity index (χ3n) is 4.17. The van der Waals surface area contributed by atoms with Crippen LogP contribution in [0.1, 0.15) is 13.3 Å². The summed E-state index contributed by atoms with van der Waals surface area (Å²) < 4.78 is 18.8. The zero-order valence-electron chi connectivity index (χ0n) is 15.1. The van der Waals surface area contributed by atoms with Gasteiger partial charge in [0.25, 0.3) is 5.91 Å². The molecule has 142 valence electrons. The number of hydrogen-bond acceptors (Lipinski definition) is 4. The molecule has 0 spiro atoms. The molecule has 3 rings (SSSR count). The van der Waals surface area contributed by atoms with E-state index >= 15 is 0 Å². The topological polar surface area (TPSA) is 70.7 Å². The number of amides is 2. The first-order valence-corrected chi connectivity index (χ1v) is 8.90. The minimum absolute atomic E-state index is 0.0509. The summed E-state index contributed by atoms with van der Waals surface area (Å²) in [5.74, 6) is -0.257. The average Bonchev–Trinajstić information content (AvgIpc) is 2.67. The van der Waals surface area contributed by atoms with Gasteiger partial charge in [-0.2, -0.15) is 0 Å². The lowest BCUT2D eigenvalue weighted by Gasteiger charge is -2.35. The van der Waals surface area contributed by atoms with Crippen LogP contribution in [-0.2, 0) is 9.59 Å². The summed E-state index contributed by atoms with van der Waals surface area (Å²) in [6.07, 6.45) is 0.142. The first-order chi connectivity index (χ1) is 13.1. The van der Waals surface area contributed by atoms with Crippen LogP contribution < -0.4 is 20.3 Å². The molecule has 2 aromatic carbocycles. The second-order valence-corrected chi connectivity index (χ2v) is 6.30. The van der Waals surface area contributed by atoms with Gasteiger partial charge >= 0.3 is 0 Å². The number of carbonyl (C=O) groups excluding carboxylic acids is 2. The fraction of sp³-hybridized carbons (Fsp3) is 0.300. The summed E-state index contributed by atoms with van der Waals surface area (Å²) in [5, 5.41) is 5.56. The van der Waals surface area contributed by atoms with Crippen LogP contribution in [0, 0.1) is 5.82 Å². The standard InChI is InChI=1S/C20H22FN3O3/c1-2-11-22-20(26)18-12-24(16-5-3-4-6-17(16)27-18)13-19(25)23-15-9-7-14(21)8-10-15/h3-10,18H,2,11-13H2,1H3,(H,22,26)(H,23,25)/t18-/m1/s1. The summed E-state index contributed by atoms with van der Waals surface area (Å²) in [4.78, 5) is 26.6. The molecule has 7 heteroatoms. The van der Waals surface area contributed by atoms with Crippen molar-refractivity contribution >= 4 is 23.2 Å². The maximum Gasteiger partial charge on any atom is 0.262 e. The highest BCUT2D eigenvalue weighted by Crippen LogP contribution is 2.33. The molecule has 2 amide bonds. The van der Waals surface area contributed by atoms with E-state index in [2.05, 4.69) is 10.6 Å². The molecule has 0 radical (unpaired) electrons. The van der Waals surface area contributed by atoms with E-state index in [0.717, 1.165) is 12.1 Å². The summed E-state index contributed by atoms with van der Waals surface area (Å²) in [7, 11) is 0. The van der Waals surface area contributed by atoms with Crippen molar-refractivity contribution in [3.05, 3.63) is 54.3 Å². The Balaban J connectivity index is 1.71. The third kappa shape index (κ3) is 4.75. The summed E-state index contributed by atoms with van der Waals surface area (Å²) >= 11 is 0. The average molecular weight is 371 g/mol. The molecule has 1 aliphatic heterocycles. The van der Waals surface area contributed by atoms with Gasteiger partial charge in [0.15, 0.2) is 6.10 Å². The van der Waals surface area contributed by atoms with Crippen molar-refractivity contribution < 1.29 is 18.7 Å². The molecule has 0 saturated heterocycles. The van der Waals surface area contributed by atoms with E-state index in [1.54, 1.807) is 6.07 Å². The number of rotatable bonds is 6. The minimum Gasteiger partial charge on any atom is -0.477 e. The van der Waals surface area contributed by atoms with Crippen LogP contribution >= 0.6 is 0 Å². The van der Waals surface area contributed by atoms with Crippen molar-refractivity contribution in [1.82, 2.24) is 5.32 Å². The molecule has 2 N–H and O–H groups in total. The van der Waals surface area contributed by atoms with Gasteiger partial charge in [-0.05, 0) is 42.8 Å². The number of anilines is 2. The Bertz CT molecular complexity index is 810. The number of nitrogens with one attached hydrogen (secondary N) is 2. The van der Waals surface area contributed by atoms with Crippen LogP contribution in [0.5, 0.6) is 5.75 Å². The minimum atomic E-state index is -0.690. The first-order valence-electron chi connectivity index (χ1n) is 8.90. The summed E-state index contributed by atoms with van der Waals surface area (Å²) in [6, 6.07) is 12.9. The van der Waals surface area contributed by atoms with Crippen molar-refractivity contribution in [2.24, 2.45) is 0 Å². The lowest BCUT2D eigenvalue weighted by atomic mass is 10.1. The number of benzene rings is 2. The van der Waals surface area contributed by atoms with Gasteiger partial charge in [0.1, 0.15) is 11.6 Å². The van der Waals surface area contributed by atoms with Crippen molar-refractivity contribution in [3.8, 4) is 5.75 Å². The molecule has 1 aliphatic rings. The van der Waals surface area contributed by atoms with Gasteiger partial charge in [0.2, 0.25) is 5.91 Å². The second-order valence-electron chi connectivity index (χ2n) is 6.30. The lowest BCUT2D eigenvalue weighted by molar-refractivity contribution is -0.128. The number of ether oxygens (including phenoxy) is 1. The summed E-state index contributed by atoms with van der Waals surface area (Å²) in [6.45, 7) is 2.87. The Hall–Kier alpha value is -3.09. The number of halogens is 1. The molecule has 27 heavy (non-hydrogen) atoms. The molecule has 0 saturated carbocycles. The molecular formula is C20H22FN3O3. The van der Waals surface area contributed by atoms with Crippen LogP contribution in [0.25, 0.3) is 0 Å². The largest absolute Gasteiger partial charge is 0.477 e. The zero-order chi connectivity index (χ0) is 19.2. The van der Waals surface area contributed by atoms with E-state index in [1.807, 2.05) is 30.0 Å². The molecule has 6 nitrogen and oxygen atoms in total. The quantitative estimate of drug-likeness (QED) is 0.819. The zero-order valence-corrected chi connectivity index (χ0v) is 15.1.